The third kappa shape index (κ3) is 4.63. The number of amides is 1. The number of likely N-dealkylation sites (N-methyl/N-ethyl adjacent to an activating group) is 1. The molecule has 0 spiro atoms. The van der Waals surface area contributed by atoms with E-state index in [0.29, 0.717) is 23.6 Å². The highest BCUT2D eigenvalue weighted by Crippen LogP contribution is 2.42. The van der Waals surface area contributed by atoms with Crippen LogP contribution in [0.15, 0.2) is 42.0 Å². The highest BCUT2D eigenvalue weighted by atomic mass is 19.1. The van der Waals surface area contributed by atoms with Crippen molar-refractivity contribution in [2.45, 2.75) is 6.04 Å². The summed E-state index contributed by atoms with van der Waals surface area (Å²) in [4.78, 5) is 29.3. The summed E-state index contributed by atoms with van der Waals surface area (Å²) in [6.07, 6.45) is 0. The molecule has 1 aliphatic heterocycles. The molecule has 1 fully saturated rings. The molecule has 0 bridgehead atoms. The Morgan fingerprint density at radius 1 is 1.00 bits per heavy atom. The Kier molecular flexibility index (Phi) is 7.23. The number of methoxy groups -OCH3 is 3. The van der Waals surface area contributed by atoms with Gasteiger partial charge in [0.25, 0.3) is 11.7 Å². The van der Waals surface area contributed by atoms with Gasteiger partial charge in [0, 0.05) is 18.7 Å². The topological polar surface area (TPSA) is 88.5 Å². The molecule has 1 aliphatic rings. The smallest absolute Gasteiger partial charge is 0.295 e. The number of Topliss-reactive ketones (excluding diaryl/α,β-unsaturated/α-hetero) is 1. The summed E-state index contributed by atoms with van der Waals surface area (Å²) in [6, 6.07) is 7.95. The van der Waals surface area contributed by atoms with Crippen LogP contribution in [0.3, 0.4) is 0 Å². The number of halogens is 1. The van der Waals surface area contributed by atoms with Crippen LogP contribution in [0.1, 0.15) is 17.2 Å². The molecule has 9 heteroatoms. The van der Waals surface area contributed by atoms with Crippen LogP contribution >= 0.6 is 0 Å². The zero-order valence-electron chi connectivity index (χ0n) is 19.2. The number of aliphatic hydroxyl groups is 1. The van der Waals surface area contributed by atoms with E-state index >= 15 is 0 Å². The minimum absolute atomic E-state index is 0.00516. The largest absolute Gasteiger partial charge is 0.507 e. The second-order valence-corrected chi connectivity index (χ2v) is 7.76. The highest BCUT2D eigenvalue weighted by molar-refractivity contribution is 6.46. The zero-order valence-corrected chi connectivity index (χ0v) is 19.2. The molecule has 3 rings (SSSR count). The van der Waals surface area contributed by atoms with Gasteiger partial charge in [-0.25, -0.2) is 4.39 Å². The van der Waals surface area contributed by atoms with Crippen LogP contribution in [0.2, 0.25) is 0 Å². The van der Waals surface area contributed by atoms with Gasteiger partial charge in [-0.05, 0) is 50.0 Å². The first-order valence-electron chi connectivity index (χ1n) is 10.2. The first-order valence-corrected chi connectivity index (χ1v) is 10.2. The molecule has 1 atom stereocenters. The fraction of sp³-hybridized carbons (Fsp3) is 0.333. The lowest BCUT2D eigenvalue weighted by molar-refractivity contribution is -0.140. The monoisotopic (exact) mass is 458 g/mol. The summed E-state index contributed by atoms with van der Waals surface area (Å²) in [6.45, 7) is 0.734. The van der Waals surface area contributed by atoms with Crippen LogP contribution in [0, 0.1) is 5.82 Å². The Morgan fingerprint density at radius 3 is 2.21 bits per heavy atom. The number of nitrogens with zero attached hydrogens (tertiary/aromatic N) is 2. The number of ketones is 1. The quantitative estimate of drug-likeness (QED) is 0.370. The van der Waals surface area contributed by atoms with Crippen molar-refractivity contribution in [3.05, 3.63) is 58.9 Å². The van der Waals surface area contributed by atoms with Crippen LogP contribution in [0.25, 0.3) is 5.76 Å². The molecule has 33 heavy (non-hydrogen) atoms. The fourth-order valence-electron chi connectivity index (χ4n) is 3.76. The van der Waals surface area contributed by atoms with E-state index in [1.807, 2.05) is 19.0 Å². The van der Waals surface area contributed by atoms with Crippen molar-refractivity contribution in [3.63, 3.8) is 0 Å². The lowest BCUT2D eigenvalue weighted by atomic mass is 9.95. The summed E-state index contributed by atoms with van der Waals surface area (Å²) >= 11 is 0. The molecule has 2 aromatic rings. The summed E-state index contributed by atoms with van der Waals surface area (Å²) in [7, 11) is 8.00. The molecule has 0 aromatic heterocycles. The van der Waals surface area contributed by atoms with E-state index in [2.05, 4.69) is 0 Å². The zero-order chi connectivity index (χ0) is 24.3. The van der Waals surface area contributed by atoms with Crippen molar-refractivity contribution < 1.29 is 33.3 Å². The normalized spacial score (nSPS) is 17.5. The number of carbonyl (C=O) groups excluding carboxylic acids is 2. The minimum Gasteiger partial charge on any atom is -0.507 e. The van der Waals surface area contributed by atoms with E-state index < -0.39 is 29.3 Å². The number of rotatable bonds is 8. The van der Waals surface area contributed by atoms with E-state index in [9.17, 15) is 19.1 Å². The summed E-state index contributed by atoms with van der Waals surface area (Å²) < 4.78 is 29.9. The second kappa shape index (κ2) is 9.91. The Hall–Kier alpha value is -3.59. The predicted octanol–water partition coefficient (Wildman–Crippen LogP) is 2.83. The summed E-state index contributed by atoms with van der Waals surface area (Å²) in [5.74, 6) is -1.88. The number of benzene rings is 2. The van der Waals surface area contributed by atoms with Gasteiger partial charge in [-0.3, -0.25) is 9.59 Å². The first-order chi connectivity index (χ1) is 15.7. The lowest BCUT2D eigenvalue weighted by Gasteiger charge is -2.27. The first kappa shape index (κ1) is 24.1. The van der Waals surface area contributed by atoms with Crippen molar-refractivity contribution in [1.82, 2.24) is 9.80 Å². The van der Waals surface area contributed by atoms with Gasteiger partial charge < -0.3 is 29.1 Å². The fourth-order valence-corrected chi connectivity index (χ4v) is 3.76. The molecule has 8 nitrogen and oxygen atoms in total. The molecular weight excluding hydrogens is 431 g/mol. The van der Waals surface area contributed by atoms with Crippen LogP contribution < -0.4 is 14.2 Å². The Bertz CT molecular complexity index is 1100. The van der Waals surface area contributed by atoms with Crippen LogP contribution in [-0.4, -0.2) is 75.1 Å². The van der Waals surface area contributed by atoms with Crippen molar-refractivity contribution in [2.24, 2.45) is 0 Å². The third-order valence-corrected chi connectivity index (χ3v) is 5.48. The van der Waals surface area contributed by atoms with Crippen molar-refractivity contribution in [2.75, 3.05) is 48.5 Å². The number of aliphatic hydroxyl groups excluding tert-OH is 1. The molecule has 1 N–H and O–H groups in total. The number of hydrogen-bond donors (Lipinski definition) is 1. The minimum atomic E-state index is -0.894. The predicted molar refractivity (Wildman–Crippen MR) is 120 cm³/mol. The molecule has 1 heterocycles. The SMILES string of the molecule is COc1ccc(/C(O)=C2\C(=O)C(=O)N(CCN(C)C)C2c2ccc(OC)c(OC)c2)cc1F. The van der Waals surface area contributed by atoms with Gasteiger partial charge in [-0.2, -0.15) is 0 Å². The van der Waals surface area contributed by atoms with Gasteiger partial charge in [-0.1, -0.05) is 6.07 Å². The van der Waals surface area contributed by atoms with E-state index in [0.717, 1.165) is 6.07 Å². The van der Waals surface area contributed by atoms with Gasteiger partial charge >= 0.3 is 0 Å². The van der Waals surface area contributed by atoms with E-state index in [1.54, 1.807) is 18.2 Å². The maximum absolute atomic E-state index is 14.3. The van der Waals surface area contributed by atoms with E-state index in [1.165, 1.54) is 38.4 Å². The maximum Gasteiger partial charge on any atom is 0.295 e. The molecule has 1 unspecified atom stereocenters. The van der Waals surface area contributed by atoms with E-state index in [-0.39, 0.29) is 23.4 Å². The summed E-state index contributed by atoms with van der Waals surface area (Å²) in [5, 5.41) is 11.1. The van der Waals surface area contributed by atoms with Gasteiger partial charge in [0.1, 0.15) is 5.76 Å². The van der Waals surface area contributed by atoms with Crippen LogP contribution in [-0.2, 0) is 9.59 Å². The molecule has 2 aromatic carbocycles. The van der Waals surface area contributed by atoms with Crippen molar-refractivity contribution in [1.29, 1.82) is 0 Å². The number of carbonyl (C=O) groups is 2. The van der Waals surface area contributed by atoms with E-state index in [4.69, 9.17) is 14.2 Å². The van der Waals surface area contributed by atoms with Crippen molar-refractivity contribution in [3.8, 4) is 17.2 Å². The molecule has 176 valence electrons. The number of ether oxygens (including phenoxy) is 3. The van der Waals surface area contributed by atoms with Gasteiger partial charge in [0.05, 0.1) is 32.9 Å². The molecule has 0 aliphatic carbocycles. The Morgan fingerprint density at radius 2 is 1.64 bits per heavy atom. The van der Waals surface area contributed by atoms with Crippen LogP contribution in [0.5, 0.6) is 17.2 Å². The number of hydrogen-bond acceptors (Lipinski definition) is 7. The third-order valence-electron chi connectivity index (χ3n) is 5.48. The van der Waals surface area contributed by atoms with Gasteiger partial charge in [-0.15, -0.1) is 0 Å². The standard InChI is InChI=1S/C24H27FN2O6/c1-26(2)10-11-27-21(14-6-9-18(32-4)19(13-14)33-5)20(23(29)24(27)30)22(28)15-7-8-17(31-3)16(25)12-15/h6-9,12-13,21,28H,10-11H2,1-5H3/b22-20+. The Labute approximate surface area is 191 Å². The highest BCUT2D eigenvalue weighted by Gasteiger charge is 2.46. The van der Waals surface area contributed by atoms with Gasteiger partial charge in [0.15, 0.2) is 23.1 Å². The second-order valence-electron chi connectivity index (χ2n) is 7.76. The Balaban J connectivity index is 2.19. The maximum atomic E-state index is 14.3. The average molecular weight is 458 g/mol. The molecule has 1 saturated heterocycles. The van der Waals surface area contributed by atoms with Gasteiger partial charge in [0.2, 0.25) is 0 Å². The van der Waals surface area contributed by atoms with Crippen LogP contribution in [0.4, 0.5) is 4.39 Å². The lowest BCUT2D eigenvalue weighted by Crippen LogP contribution is -2.35. The summed E-state index contributed by atoms with van der Waals surface area (Å²) in [5.41, 5.74) is 0.473. The average Bonchev–Trinajstić information content (AvgIpc) is 3.06. The molecule has 0 radical (unpaired) electrons. The molecular formula is C24H27FN2O6. The number of likely N-dealkylation sites (tertiary alicyclic amines) is 1. The molecule has 1 amide bonds. The molecule has 0 saturated carbocycles. The van der Waals surface area contributed by atoms with Crippen molar-refractivity contribution >= 4 is 17.4 Å².